The van der Waals surface area contributed by atoms with E-state index in [0.29, 0.717) is 17.8 Å². The molecule has 0 aromatic heterocycles. The lowest BCUT2D eigenvalue weighted by molar-refractivity contribution is -0.125. The fourth-order valence-corrected chi connectivity index (χ4v) is 1.73. The van der Waals surface area contributed by atoms with Gasteiger partial charge in [0.05, 0.1) is 0 Å². The number of carbonyl (C=O) groups excluding carboxylic acids is 2. The second-order valence-corrected chi connectivity index (χ2v) is 4.34. The first-order valence-corrected chi connectivity index (χ1v) is 6.46. The Morgan fingerprint density at radius 1 is 1.40 bits per heavy atom. The molecule has 0 bridgehead atoms. The largest absolute Gasteiger partial charge is 0.370 e. The SMILES string of the molecule is CCNC(=O)c1ccc(NC(=O)C(CN)OC)c(C)c1. The van der Waals surface area contributed by atoms with Crippen LogP contribution in [0.4, 0.5) is 5.69 Å². The molecular formula is C14H21N3O3. The molecule has 110 valence electrons. The summed E-state index contributed by atoms with van der Waals surface area (Å²) >= 11 is 0. The summed E-state index contributed by atoms with van der Waals surface area (Å²) in [6.07, 6.45) is -0.683. The third-order valence-electron chi connectivity index (χ3n) is 2.87. The van der Waals surface area contributed by atoms with Gasteiger partial charge < -0.3 is 21.1 Å². The molecule has 4 N–H and O–H groups in total. The van der Waals surface area contributed by atoms with Crippen LogP contribution in [0, 0.1) is 6.92 Å². The summed E-state index contributed by atoms with van der Waals surface area (Å²) < 4.78 is 4.97. The minimum Gasteiger partial charge on any atom is -0.370 e. The van der Waals surface area contributed by atoms with E-state index in [2.05, 4.69) is 10.6 Å². The second kappa shape index (κ2) is 7.62. The molecular weight excluding hydrogens is 258 g/mol. The molecule has 0 aliphatic rings. The van der Waals surface area contributed by atoms with Crippen LogP contribution in [-0.4, -0.2) is 38.1 Å². The zero-order valence-electron chi connectivity index (χ0n) is 12.0. The molecule has 1 unspecified atom stereocenters. The highest BCUT2D eigenvalue weighted by molar-refractivity contribution is 5.97. The molecule has 2 amide bonds. The molecule has 0 aliphatic heterocycles. The monoisotopic (exact) mass is 279 g/mol. The van der Waals surface area contributed by atoms with Gasteiger partial charge in [0, 0.05) is 31.5 Å². The number of aryl methyl sites for hydroxylation is 1. The quantitative estimate of drug-likeness (QED) is 0.713. The summed E-state index contributed by atoms with van der Waals surface area (Å²) in [5, 5.41) is 5.46. The average Bonchev–Trinajstić information content (AvgIpc) is 2.42. The van der Waals surface area contributed by atoms with Crippen molar-refractivity contribution in [1.82, 2.24) is 5.32 Å². The lowest BCUT2D eigenvalue weighted by atomic mass is 10.1. The van der Waals surface area contributed by atoms with Crippen LogP contribution in [0.15, 0.2) is 18.2 Å². The maximum atomic E-state index is 11.9. The van der Waals surface area contributed by atoms with E-state index >= 15 is 0 Å². The van der Waals surface area contributed by atoms with Crippen molar-refractivity contribution in [1.29, 1.82) is 0 Å². The molecule has 0 saturated heterocycles. The van der Waals surface area contributed by atoms with E-state index in [1.54, 1.807) is 18.2 Å². The number of nitrogens with one attached hydrogen (secondary N) is 2. The van der Waals surface area contributed by atoms with Crippen molar-refractivity contribution in [3.63, 3.8) is 0 Å². The highest BCUT2D eigenvalue weighted by atomic mass is 16.5. The predicted molar refractivity (Wildman–Crippen MR) is 77.7 cm³/mol. The van der Waals surface area contributed by atoms with Crippen LogP contribution < -0.4 is 16.4 Å². The van der Waals surface area contributed by atoms with Gasteiger partial charge in [-0.2, -0.15) is 0 Å². The summed E-state index contributed by atoms with van der Waals surface area (Å²) in [6, 6.07) is 5.09. The predicted octanol–water partition coefficient (Wildman–Crippen LogP) is 0.657. The van der Waals surface area contributed by atoms with Gasteiger partial charge in [-0.3, -0.25) is 9.59 Å². The van der Waals surface area contributed by atoms with Crippen molar-refractivity contribution in [3.8, 4) is 0 Å². The van der Waals surface area contributed by atoms with Gasteiger partial charge in [-0.25, -0.2) is 0 Å². The number of benzene rings is 1. The number of nitrogens with two attached hydrogens (primary N) is 1. The highest BCUT2D eigenvalue weighted by Gasteiger charge is 2.16. The molecule has 0 aliphatic carbocycles. The summed E-state index contributed by atoms with van der Waals surface area (Å²) in [5.74, 6) is -0.436. The standard InChI is InChI=1S/C14H21N3O3/c1-4-16-13(18)10-5-6-11(9(2)7-10)17-14(19)12(8-15)20-3/h5-7,12H,4,8,15H2,1-3H3,(H,16,18)(H,17,19). The summed E-state index contributed by atoms with van der Waals surface area (Å²) in [5.41, 5.74) is 7.43. The van der Waals surface area contributed by atoms with Gasteiger partial charge in [0.1, 0.15) is 6.10 Å². The van der Waals surface area contributed by atoms with E-state index in [1.165, 1.54) is 7.11 Å². The molecule has 1 aromatic carbocycles. The smallest absolute Gasteiger partial charge is 0.254 e. The molecule has 1 rings (SSSR count). The third-order valence-corrected chi connectivity index (χ3v) is 2.87. The van der Waals surface area contributed by atoms with Gasteiger partial charge in [0.15, 0.2) is 0 Å². The van der Waals surface area contributed by atoms with Gasteiger partial charge in [-0.1, -0.05) is 0 Å². The van der Waals surface area contributed by atoms with E-state index in [4.69, 9.17) is 10.5 Å². The number of hydrogen-bond donors (Lipinski definition) is 3. The van der Waals surface area contributed by atoms with E-state index in [0.717, 1.165) is 5.56 Å². The number of carbonyl (C=O) groups is 2. The van der Waals surface area contributed by atoms with Crippen LogP contribution in [0.2, 0.25) is 0 Å². The van der Waals surface area contributed by atoms with Crippen molar-refractivity contribution < 1.29 is 14.3 Å². The Hall–Kier alpha value is -1.92. The van der Waals surface area contributed by atoms with Crippen LogP contribution in [0.25, 0.3) is 0 Å². The molecule has 6 heteroatoms. The van der Waals surface area contributed by atoms with Crippen molar-refractivity contribution in [2.24, 2.45) is 5.73 Å². The Kier molecular flexibility index (Phi) is 6.14. The van der Waals surface area contributed by atoms with Crippen molar-refractivity contribution in [2.45, 2.75) is 20.0 Å². The number of anilines is 1. The van der Waals surface area contributed by atoms with Crippen molar-refractivity contribution >= 4 is 17.5 Å². The minimum atomic E-state index is -0.683. The van der Waals surface area contributed by atoms with Crippen LogP contribution in [0.1, 0.15) is 22.8 Å². The summed E-state index contributed by atoms with van der Waals surface area (Å²) in [7, 11) is 1.43. The number of hydrogen-bond acceptors (Lipinski definition) is 4. The lowest BCUT2D eigenvalue weighted by Gasteiger charge is -2.15. The summed E-state index contributed by atoms with van der Waals surface area (Å²) in [4.78, 5) is 23.5. The number of rotatable bonds is 6. The maximum Gasteiger partial charge on any atom is 0.254 e. The Balaban J connectivity index is 2.83. The Labute approximate surface area is 118 Å². The third kappa shape index (κ3) is 4.04. The first-order valence-electron chi connectivity index (χ1n) is 6.46. The van der Waals surface area contributed by atoms with Gasteiger partial charge in [-0.05, 0) is 37.6 Å². The zero-order chi connectivity index (χ0) is 15.1. The van der Waals surface area contributed by atoms with Crippen LogP contribution in [0.5, 0.6) is 0 Å². The Morgan fingerprint density at radius 2 is 2.10 bits per heavy atom. The van der Waals surface area contributed by atoms with Gasteiger partial charge >= 0.3 is 0 Å². The van der Waals surface area contributed by atoms with Gasteiger partial charge in [-0.15, -0.1) is 0 Å². The fraction of sp³-hybridized carbons (Fsp3) is 0.429. The molecule has 0 spiro atoms. The number of methoxy groups -OCH3 is 1. The fourth-order valence-electron chi connectivity index (χ4n) is 1.73. The van der Waals surface area contributed by atoms with Crippen LogP contribution in [-0.2, 0) is 9.53 Å². The van der Waals surface area contributed by atoms with E-state index < -0.39 is 6.10 Å². The zero-order valence-corrected chi connectivity index (χ0v) is 12.0. The lowest BCUT2D eigenvalue weighted by Crippen LogP contribution is -2.36. The molecule has 0 heterocycles. The van der Waals surface area contributed by atoms with Crippen molar-refractivity contribution in [3.05, 3.63) is 29.3 Å². The Morgan fingerprint density at radius 3 is 2.60 bits per heavy atom. The van der Waals surface area contributed by atoms with E-state index in [9.17, 15) is 9.59 Å². The molecule has 0 fully saturated rings. The molecule has 0 radical (unpaired) electrons. The number of ether oxygens (including phenoxy) is 1. The Bertz CT molecular complexity index is 485. The molecule has 1 atom stereocenters. The van der Waals surface area contributed by atoms with E-state index in [-0.39, 0.29) is 18.4 Å². The normalized spacial score (nSPS) is 11.8. The first-order chi connectivity index (χ1) is 9.53. The summed E-state index contributed by atoms with van der Waals surface area (Å²) in [6.45, 7) is 4.36. The molecule has 20 heavy (non-hydrogen) atoms. The topological polar surface area (TPSA) is 93.5 Å². The highest BCUT2D eigenvalue weighted by Crippen LogP contribution is 2.17. The average molecular weight is 279 g/mol. The molecule has 0 saturated carbocycles. The molecule has 6 nitrogen and oxygen atoms in total. The maximum absolute atomic E-state index is 11.9. The van der Waals surface area contributed by atoms with Crippen LogP contribution >= 0.6 is 0 Å². The number of amides is 2. The van der Waals surface area contributed by atoms with Gasteiger partial charge in [0.2, 0.25) is 0 Å². The minimum absolute atomic E-state index is 0.109. The van der Waals surface area contributed by atoms with Crippen LogP contribution in [0.3, 0.4) is 0 Å². The van der Waals surface area contributed by atoms with E-state index in [1.807, 2.05) is 13.8 Å². The molecule has 1 aromatic rings. The van der Waals surface area contributed by atoms with Gasteiger partial charge in [0.25, 0.3) is 11.8 Å². The second-order valence-electron chi connectivity index (χ2n) is 4.34. The first kappa shape index (κ1) is 16.1. The van der Waals surface area contributed by atoms with Crippen molar-refractivity contribution in [2.75, 3.05) is 25.5 Å².